The Hall–Kier alpha value is -1.24. The molecule has 0 unspecified atom stereocenters. The highest BCUT2D eigenvalue weighted by Crippen LogP contribution is 2.18. The number of fused-ring (bicyclic) bond motifs is 1. The lowest BCUT2D eigenvalue weighted by atomic mass is 10.1. The molecule has 0 spiro atoms. The van der Waals surface area contributed by atoms with E-state index in [1.165, 1.54) is 22.9 Å². The van der Waals surface area contributed by atoms with Crippen molar-refractivity contribution in [3.8, 4) is 0 Å². The Bertz CT molecular complexity index is 451. The highest BCUT2D eigenvalue weighted by Gasteiger charge is 2.01. The quantitative estimate of drug-likeness (QED) is 0.707. The van der Waals surface area contributed by atoms with Crippen LogP contribution in [0.5, 0.6) is 0 Å². The number of rotatable bonds is 3. The standard InChI is InChI=1S/C14H19N/c1-11(2)6-8-15-9-7-13-5-4-12(3)10-14(13)15/h4-5,7,9-11H,6,8H2,1-3H3. The zero-order valence-electron chi connectivity index (χ0n) is 9.83. The van der Waals surface area contributed by atoms with Gasteiger partial charge in [-0.25, -0.2) is 0 Å². The minimum absolute atomic E-state index is 0.771. The van der Waals surface area contributed by atoms with Gasteiger partial charge in [0.2, 0.25) is 0 Å². The topological polar surface area (TPSA) is 4.93 Å². The minimum atomic E-state index is 0.771. The second-order valence-electron chi connectivity index (χ2n) is 4.75. The zero-order chi connectivity index (χ0) is 10.8. The lowest BCUT2D eigenvalue weighted by Crippen LogP contribution is -1.99. The number of nitrogens with zero attached hydrogens (tertiary/aromatic N) is 1. The lowest BCUT2D eigenvalue weighted by molar-refractivity contribution is 0.524. The van der Waals surface area contributed by atoms with Crippen LogP contribution in [0.25, 0.3) is 10.9 Å². The van der Waals surface area contributed by atoms with E-state index in [0.717, 1.165) is 12.5 Å². The van der Waals surface area contributed by atoms with E-state index in [2.05, 4.69) is 55.8 Å². The second kappa shape index (κ2) is 4.09. The van der Waals surface area contributed by atoms with Gasteiger partial charge in [-0.15, -0.1) is 0 Å². The first-order valence-electron chi connectivity index (χ1n) is 5.72. The molecule has 0 aliphatic carbocycles. The summed E-state index contributed by atoms with van der Waals surface area (Å²) in [5.41, 5.74) is 2.71. The Kier molecular flexibility index (Phi) is 2.81. The summed E-state index contributed by atoms with van der Waals surface area (Å²) in [6, 6.07) is 8.86. The predicted octanol–water partition coefficient (Wildman–Crippen LogP) is 4.00. The highest BCUT2D eigenvalue weighted by molar-refractivity contribution is 5.80. The first kappa shape index (κ1) is 10.3. The third kappa shape index (κ3) is 2.23. The van der Waals surface area contributed by atoms with Gasteiger partial charge in [-0.2, -0.15) is 0 Å². The highest BCUT2D eigenvalue weighted by atomic mass is 14.9. The van der Waals surface area contributed by atoms with Crippen molar-refractivity contribution in [2.45, 2.75) is 33.7 Å². The van der Waals surface area contributed by atoms with Crippen molar-refractivity contribution in [2.75, 3.05) is 0 Å². The van der Waals surface area contributed by atoms with Gasteiger partial charge < -0.3 is 4.57 Å². The molecule has 0 amide bonds. The maximum absolute atomic E-state index is 2.36. The monoisotopic (exact) mass is 201 g/mol. The Labute approximate surface area is 91.7 Å². The summed E-state index contributed by atoms with van der Waals surface area (Å²) in [5.74, 6) is 0.771. The lowest BCUT2D eigenvalue weighted by Gasteiger charge is -2.08. The van der Waals surface area contributed by atoms with Crippen LogP contribution >= 0.6 is 0 Å². The van der Waals surface area contributed by atoms with Gasteiger partial charge in [-0.05, 0) is 42.3 Å². The molecule has 1 nitrogen and oxygen atoms in total. The number of hydrogen-bond acceptors (Lipinski definition) is 0. The van der Waals surface area contributed by atoms with Crippen molar-refractivity contribution in [1.82, 2.24) is 4.57 Å². The molecule has 0 fully saturated rings. The van der Waals surface area contributed by atoms with E-state index in [9.17, 15) is 0 Å². The minimum Gasteiger partial charge on any atom is -0.347 e. The Balaban J connectivity index is 2.31. The van der Waals surface area contributed by atoms with Crippen LogP contribution < -0.4 is 0 Å². The number of aryl methyl sites for hydroxylation is 2. The Morgan fingerprint density at radius 3 is 2.73 bits per heavy atom. The summed E-state index contributed by atoms with van der Waals surface area (Å²) in [4.78, 5) is 0. The Morgan fingerprint density at radius 2 is 2.00 bits per heavy atom. The van der Waals surface area contributed by atoms with Gasteiger partial charge in [0.25, 0.3) is 0 Å². The number of aromatic nitrogens is 1. The van der Waals surface area contributed by atoms with E-state index in [-0.39, 0.29) is 0 Å². The fourth-order valence-electron chi connectivity index (χ4n) is 1.89. The average Bonchev–Trinajstić information content (AvgIpc) is 2.57. The molecule has 0 bridgehead atoms. The molecule has 0 aliphatic heterocycles. The van der Waals surface area contributed by atoms with Gasteiger partial charge in [0, 0.05) is 18.3 Å². The molecule has 1 aromatic heterocycles. The van der Waals surface area contributed by atoms with E-state index >= 15 is 0 Å². The van der Waals surface area contributed by atoms with Crippen LogP contribution in [0.2, 0.25) is 0 Å². The molecule has 80 valence electrons. The molecule has 1 heteroatoms. The van der Waals surface area contributed by atoms with Crippen molar-refractivity contribution in [3.63, 3.8) is 0 Å². The fourth-order valence-corrected chi connectivity index (χ4v) is 1.89. The fraction of sp³-hybridized carbons (Fsp3) is 0.429. The molecule has 0 radical (unpaired) electrons. The first-order chi connectivity index (χ1) is 7.16. The normalized spacial score (nSPS) is 11.5. The van der Waals surface area contributed by atoms with Gasteiger partial charge in [0.15, 0.2) is 0 Å². The molecular weight excluding hydrogens is 182 g/mol. The van der Waals surface area contributed by atoms with Crippen molar-refractivity contribution in [2.24, 2.45) is 5.92 Å². The zero-order valence-corrected chi connectivity index (χ0v) is 9.83. The van der Waals surface area contributed by atoms with E-state index < -0.39 is 0 Å². The van der Waals surface area contributed by atoms with Crippen LogP contribution in [0.4, 0.5) is 0 Å². The van der Waals surface area contributed by atoms with Gasteiger partial charge in [0.1, 0.15) is 0 Å². The molecule has 15 heavy (non-hydrogen) atoms. The molecule has 1 aromatic carbocycles. The summed E-state index contributed by atoms with van der Waals surface area (Å²) >= 11 is 0. The number of benzene rings is 1. The summed E-state index contributed by atoms with van der Waals surface area (Å²) in [7, 11) is 0. The SMILES string of the molecule is Cc1ccc2ccn(CCC(C)C)c2c1. The molecule has 0 saturated heterocycles. The molecule has 0 atom stereocenters. The molecule has 0 aliphatic rings. The summed E-state index contributed by atoms with van der Waals surface area (Å²) in [5, 5.41) is 1.35. The van der Waals surface area contributed by atoms with Crippen LogP contribution in [0.15, 0.2) is 30.5 Å². The summed E-state index contributed by atoms with van der Waals surface area (Å²) in [6.45, 7) is 7.83. The third-order valence-corrected chi connectivity index (χ3v) is 2.88. The van der Waals surface area contributed by atoms with Gasteiger partial charge in [0.05, 0.1) is 0 Å². The summed E-state index contributed by atoms with van der Waals surface area (Å²) < 4.78 is 2.36. The van der Waals surface area contributed by atoms with Crippen LogP contribution in [-0.4, -0.2) is 4.57 Å². The maximum atomic E-state index is 2.36. The molecule has 0 N–H and O–H groups in total. The van der Waals surface area contributed by atoms with Crippen LogP contribution in [-0.2, 0) is 6.54 Å². The van der Waals surface area contributed by atoms with Gasteiger partial charge >= 0.3 is 0 Å². The molecule has 1 heterocycles. The molecule has 0 saturated carbocycles. The van der Waals surface area contributed by atoms with Crippen LogP contribution in [0, 0.1) is 12.8 Å². The summed E-state index contributed by atoms with van der Waals surface area (Å²) in [6.07, 6.45) is 3.45. The van der Waals surface area contributed by atoms with Gasteiger partial charge in [-0.3, -0.25) is 0 Å². The van der Waals surface area contributed by atoms with Crippen molar-refractivity contribution in [3.05, 3.63) is 36.0 Å². The molecule has 2 rings (SSSR count). The van der Waals surface area contributed by atoms with Crippen LogP contribution in [0.3, 0.4) is 0 Å². The van der Waals surface area contributed by atoms with Gasteiger partial charge in [-0.1, -0.05) is 26.0 Å². The van der Waals surface area contributed by atoms with Crippen molar-refractivity contribution >= 4 is 10.9 Å². The van der Waals surface area contributed by atoms with Crippen LogP contribution in [0.1, 0.15) is 25.8 Å². The average molecular weight is 201 g/mol. The van der Waals surface area contributed by atoms with Crippen molar-refractivity contribution < 1.29 is 0 Å². The first-order valence-corrected chi connectivity index (χ1v) is 5.72. The number of hydrogen-bond donors (Lipinski definition) is 0. The third-order valence-electron chi connectivity index (χ3n) is 2.88. The Morgan fingerprint density at radius 1 is 1.20 bits per heavy atom. The smallest absolute Gasteiger partial charge is 0.0482 e. The molecule has 2 aromatic rings. The van der Waals surface area contributed by atoms with E-state index in [1.807, 2.05) is 0 Å². The molecular formula is C14H19N. The largest absolute Gasteiger partial charge is 0.347 e. The van der Waals surface area contributed by atoms with E-state index in [1.54, 1.807) is 0 Å². The second-order valence-corrected chi connectivity index (χ2v) is 4.75. The predicted molar refractivity (Wildman–Crippen MR) is 66.1 cm³/mol. The van der Waals surface area contributed by atoms with E-state index in [4.69, 9.17) is 0 Å². The van der Waals surface area contributed by atoms with Crippen molar-refractivity contribution in [1.29, 1.82) is 0 Å². The maximum Gasteiger partial charge on any atom is 0.0482 e. The van der Waals surface area contributed by atoms with E-state index in [0.29, 0.717) is 0 Å².